The lowest BCUT2D eigenvalue weighted by atomic mass is 10.2. The van der Waals surface area contributed by atoms with Crippen LogP contribution in [0.2, 0.25) is 0 Å². The highest BCUT2D eigenvalue weighted by Gasteiger charge is 2.28. The molecular formula is C8H12N2O2S. The van der Waals surface area contributed by atoms with Gasteiger partial charge in [0.2, 0.25) is 5.91 Å². The summed E-state index contributed by atoms with van der Waals surface area (Å²) in [6.45, 7) is 5.38. The maximum atomic E-state index is 11.4. The fourth-order valence-corrected chi connectivity index (χ4v) is 1.69. The van der Waals surface area contributed by atoms with E-state index in [-0.39, 0.29) is 23.2 Å². The van der Waals surface area contributed by atoms with E-state index in [1.807, 2.05) is 6.92 Å². The van der Waals surface area contributed by atoms with Crippen molar-refractivity contribution in [2.24, 2.45) is 0 Å². The Hall–Kier alpha value is -0.970. The van der Waals surface area contributed by atoms with E-state index < -0.39 is 0 Å². The number of nitrogens with one attached hydrogen (secondary N) is 2. The number of amides is 2. The molecule has 2 amide bonds. The Morgan fingerprint density at radius 3 is 3.08 bits per heavy atom. The second-order valence-corrected chi connectivity index (χ2v) is 3.82. The van der Waals surface area contributed by atoms with Crippen LogP contribution in [0.5, 0.6) is 0 Å². The Morgan fingerprint density at radius 1 is 1.92 bits per heavy atom. The number of hydrogen-bond acceptors (Lipinski definition) is 3. The van der Waals surface area contributed by atoms with Crippen molar-refractivity contribution in [2.75, 3.05) is 5.75 Å². The first-order valence-corrected chi connectivity index (χ1v) is 4.98. The highest BCUT2D eigenvalue weighted by molar-refractivity contribution is 8.14. The molecule has 0 aromatic heterocycles. The van der Waals surface area contributed by atoms with Crippen LogP contribution in [-0.2, 0) is 4.79 Å². The van der Waals surface area contributed by atoms with E-state index in [1.165, 1.54) is 0 Å². The van der Waals surface area contributed by atoms with Gasteiger partial charge in [-0.15, -0.1) is 6.58 Å². The smallest absolute Gasteiger partial charge is 0.279 e. The van der Waals surface area contributed by atoms with Gasteiger partial charge in [0.05, 0.1) is 0 Å². The number of hydrogen-bond donors (Lipinski definition) is 2. The quantitative estimate of drug-likeness (QED) is 0.652. The molecule has 2 unspecified atom stereocenters. The molecule has 13 heavy (non-hydrogen) atoms. The summed E-state index contributed by atoms with van der Waals surface area (Å²) in [5.41, 5.74) is 0. The van der Waals surface area contributed by atoms with E-state index in [0.29, 0.717) is 5.75 Å². The molecule has 1 fully saturated rings. The SMILES string of the molecule is C=CC(C)NC(=O)C1CSC(=O)N1. The summed E-state index contributed by atoms with van der Waals surface area (Å²) in [7, 11) is 0. The number of carbonyl (C=O) groups is 2. The lowest BCUT2D eigenvalue weighted by molar-refractivity contribution is -0.122. The highest BCUT2D eigenvalue weighted by Crippen LogP contribution is 2.12. The Balaban J connectivity index is 2.40. The van der Waals surface area contributed by atoms with Gasteiger partial charge in [-0.05, 0) is 6.92 Å². The molecule has 0 aliphatic carbocycles. The van der Waals surface area contributed by atoms with Gasteiger partial charge in [0, 0.05) is 11.8 Å². The van der Waals surface area contributed by atoms with Gasteiger partial charge in [-0.2, -0.15) is 0 Å². The van der Waals surface area contributed by atoms with Crippen molar-refractivity contribution in [3.8, 4) is 0 Å². The third kappa shape index (κ3) is 2.77. The molecule has 2 N–H and O–H groups in total. The third-order valence-corrected chi connectivity index (χ3v) is 2.59. The topological polar surface area (TPSA) is 58.2 Å². The van der Waals surface area contributed by atoms with E-state index in [9.17, 15) is 9.59 Å². The maximum Gasteiger partial charge on any atom is 0.279 e. The lowest BCUT2D eigenvalue weighted by Crippen LogP contribution is -2.45. The summed E-state index contributed by atoms with van der Waals surface area (Å²) in [6, 6.07) is -0.449. The molecule has 0 radical (unpaired) electrons. The van der Waals surface area contributed by atoms with Gasteiger partial charge in [0.15, 0.2) is 0 Å². The number of carbonyl (C=O) groups excluding carboxylic acids is 2. The zero-order valence-electron chi connectivity index (χ0n) is 7.37. The Labute approximate surface area is 81.1 Å². The first-order chi connectivity index (χ1) is 6.13. The molecule has 4 nitrogen and oxygen atoms in total. The van der Waals surface area contributed by atoms with Gasteiger partial charge < -0.3 is 10.6 Å². The predicted octanol–water partition coefficient (Wildman–Crippen LogP) is 0.502. The van der Waals surface area contributed by atoms with Crippen LogP contribution in [0.1, 0.15) is 6.92 Å². The lowest BCUT2D eigenvalue weighted by Gasteiger charge is -2.12. The normalized spacial score (nSPS) is 23.5. The molecule has 1 aliphatic rings. The molecule has 0 aromatic carbocycles. The summed E-state index contributed by atoms with van der Waals surface area (Å²) in [6.07, 6.45) is 1.64. The molecule has 1 saturated heterocycles. The second kappa shape index (κ2) is 4.32. The summed E-state index contributed by atoms with van der Waals surface area (Å²) >= 11 is 1.13. The molecule has 72 valence electrons. The first-order valence-electron chi connectivity index (χ1n) is 3.99. The van der Waals surface area contributed by atoms with Gasteiger partial charge in [-0.1, -0.05) is 17.8 Å². The van der Waals surface area contributed by atoms with Crippen LogP contribution in [0.4, 0.5) is 4.79 Å². The van der Waals surface area contributed by atoms with Gasteiger partial charge in [-0.25, -0.2) is 0 Å². The summed E-state index contributed by atoms with van der Waals surface area (Å²) in [5, 5.41) is 5.13. The largest absolute Gasteiger partial charge is 0.348 e. The molecule has 0 saturated carbocycles. The van der Waals surface area contributed by atoms with E-state index in [0.717, 1.165) is 11.8 Å². The van der Waals surface area contributed by atoms with E-state index in [1.54, 1.807) is 6.08 Å². The summed E-state index contributed by atoms with van der Waals surface area (Å²) < 4.78 is 0. The van der Waals surface area contributed by atoms with Crippen molar-refractivity contribution in [2.45, 2.75) is 19.0 Å². The van der Waals surface area contributed by atoms with Gasteiger partial charge in [-0.3, -0.25) is 9.59 Å². The molecule has 0 spiro atoms. The molecule has 1 rings (SSSR count). The molecule has 0 bridgehead atoms. The van der Waals surface area contributed by atoms with Crippen molar-refractivity contribution < 1.29 is 9.59 Å². The maximum absolute atomic E-state index is 11.4. The monoisotopic (exact) mass is 200 g/mol. The Kier molecular flexibility index (Phi) is 3.36. The summed E-state index contributed by atoms with van der Waals surface area (Å²) in [4.78, 5) is 22.1. The van der Waals surface area contributed by atoms with Crippen LogP contribution in [-0.4, -0.2) is 29.0 Å². The second-order valence-electron chi connectivity index (χ2n) is 2.83. The zero-order chi connectivity index (χ0) is 9.84. The highest BCUT2D eigenvalue weighted by atomic mass is 32.2. The molecule has 2 atom stereocenters. The fraction of sp³-hybridized carbons (Fsp3) is 0.500. The average molecular weight is 200 g/mol. The van der Waals surface area contributed by atoms with Crippen LogP contribution in [0, 0.1) is 0 Å². The van der Waals surface area contributed by atoms with Crippen LogP contribution in [0.15, 0.2) is 12.7 Å². The molecule has 1 aliphatic heterocycles. The van der Waals surface area contributed by atoms with E-state index >= 15 is 0 Å². The predicted molar refractivity (Wildman–Crippen MR) is 52.6 cm³/mol. The van der Waals surface area contributed by atoms with Crippen LogP contribution in [0.3, 0.4) is 0 Å². The first kappa shape index (κ1) is 10.1. The number of thioether (sulfide) groups is 1. The molecule has 5 heteroatoms. The van der Waals surface area contributed by atoms with E-state index in [2.05, 4.69) is 17.2 Å². The van der Waals surface area contributed by atoms with E-state index in [4.69, 9.17) is 0 Å². The Bertz CT molecular complexity index is 242. The minimum absolute atomic E-state index is 0.0602. The summed E-state index contributed by atoms with van der Waals surface area (Å²) in [5.74, 6) is 0.361. The zero-order valence-corrected chi connectivity index (χ0v) is 8.19. The van der Waals surface area contributed by atoms with Crippen molar-refractivity contribution in [1.29, 1.82) is 0 Å². The van der Waals surface area contributed by atoms with Crippen LogP contribution < -0.4 is 10.6 Å². The number of rotatable bonds is 3. The van der Waals surface area contributed by atoms with Gasteiger partial charge in [0.25, 0.3) is 5.24 Å². The Morgan fingerprint density at radius 2 is 2.62 bits per heavy atom. The minimum Gasteiger partial charge on any atom is -0.348 e. The molecule has 1 heterocycles. The fourth-order valence-electron chi connectivity index (χ4n) is 0.910. The van der Waals surface area contributed by atoms with Crippen molar-refractivity contribution in [3.63, 3.8) is 0 Å². The van der Waals surface area contributed by atoms with Gasteiger partial charge >= 0.3 is 0 Å². The minimum atomic E-state index is -0.389. The standard InChI is InChI=1S/C8H12N2O2S/c1-3-5(2)9-7(11)6-4-13-8(12)10-6/h3,5-6H,1,4H2,2H3,(H,9,11)(H,10,12). The molecular weight excluding hydrogens is 188 g/mol. The third-order valence-electron chi connectivity index (χ3n) is 1.71. The average Bonchev–Trinajstić information content (AvgIpc) is 2.51. The van der Waals surface area contributed by atoms with Gasteiger partial charge in [0.1, 0.15) is 6.04 Å². The van der Waals surface area contributed by atoms with Crippen LogP contribution in [0.25, 0.3) is 0 Å². The van der Waals surface area contributed by atoms with Crippen molar-refractivity contribution in [3.05, 3.63) is 12.7 Å². The van der Waals surface area contributed by atoms with Crippen molar-refractivity contribution >= 4 is 22.9 Å². The van der Waals surface area contributed by atoms with Crippen molar-refractivity contribution in [1.82, 2.24) is 10.6 Å². The molecule has 0 aromatic rings. The van der Waals surface area contributed by atoms with Crippen LogP contribution >= 0.6 is 11.8 Å².